The van der Waals surface area contributed by atoms with Crippen LogP contribution in [0.2, 0.25) is 0 Å². The molecule has 1 amide bonds. The highest BCUT2D eigenvalue weighted by atomic mass is 35.5. The molecule has 0 saturated carbocycles. The molecule has 1 atom stereocenters. The molecule has 1 aromatic carbocycles. The molecular weight excluding hydrogens is 301 g/mol. The first-order chi connectivity index (χ1) is 9.49. The van der Waals surface area contributed by atoms with E-state index in [1.807, 2.05) is 30.3 Å². The number of likely N-dealkylation sites (N-methyl/N-ethyl adjacent to an activating group) is 1. The lowest BCUT2D eigenvalue weighted by molar-refractivity contribution is -0.117. The smallest absolute Gasteiger partial charge is 0.260 e. The van der Waals surface area contributed by atoms with Crippen LogP contribution >= 0.6 is 23.2 Å². The van der Waals surface area contributed by atoms with Crippen molar-refractivity contribution < 1.29 is 9.53 Å². The number of ether oxygens (including phenoxy) is 1. The molecule has 5 nitrogen and oxygen atoms in total. The van der Waals surface area contributed by atoms with Gasteiger partial charge in [-0.15, -0.1) is 5.10 Å². The molecule has 0 aromatic heterocycles. The van der Waals surface area contributed by atoms with Crippen molar-refractivity contribution in [3.8, 4) is 0 Å². The van der Waals surface area contributed by atoms with Gasteiger partial charge in [0.2, 0.25) is 12.1 Å². The molecule has 20 heavy (non-hydrogen) atoms. The van der Waals surface area contributed by atoms with Crippen molar-refractivity contribution in [1.82, 2.24) is 5.01 Å². The van der Waals surface area contributed by atoms with E-state index in [-0.39, 0.29) is 18.7 Å². The van der Waals surface area contributed by atoms with Gasteiger partial charge >= 0.3 is 0 Å². The summed E-state index contributed by atoms with van der Waals surface area (Å²) in [5.74, 6) is 0.173. The minimum Gasteiger partial charge on any atom is -0.453 e. The summed E-state index contributed by atoms with van der Waals surface area (Å²) < 4.78 is 5.55. The normalized spacial score (nSPS) is 17.9. The summed E-state index contributed by atoms with van der Waals surface area (Å²) in [4.78, 5) is 12.5. The number of hydrazone groups is 1. The number of alkyl halides is 2. The Morgan fingerprint density at radius 3 is 2.60 bits per heavy atom. The molecule has 0 spiro atoms. The van der Waals surface area contributed by atoms with Crippen molar-refractivity contribution in [1.29, 1.82) is 0 Å². The highest BCUT2D eigenvalue weighted by molar-refractivity contribution is 6.54. The minimum atomic E-state index is -1.12. The van der Waals surface area contributed by atoms with E-state index in [0.717, 1.165) is 0 Å². The molecule has 7 heteroatoms. The van der Waals surface area contributed by atoms with E-state index in [1.165, 1.54) is 4.90 Å². The molecule has 0 radical (unpaired) electrons. The summed E-state index contributed by atoms with van der Waals surface area (Å²) in [6.07, 6.45) is -0.355. The number of para-hydroxylation sites is 1. The lowest BCUT2D eigenvalue weighted by Gasteiger charge is -2.28. The van der Waals surface area contributed by atoms with Gasteiger partial charge in [-0.25, -0.2) is 0 Å². The molecule has 108 valence electrons. The first-order valence-corrected chi connectivity index (χ1v) is 6.95. The molecule has 1 aliphatic heterocycles. The van der Waals surface area contributed by atoms with Crippen molar-refractivity contribution in [2.75, 3.05) is 18.5 Å². The second-order valence-electron chi connectivity index (χ2n) is 4.35. The lowest BCUT2D eigenvalue weighted by Crippen LogP contribution is -2.44. The topological polar surface area (TPSA) is 45.1 Å². The molecular formula is C13H15Cl2N3O2. The molecule has 1 aromatic rings. The average molecular weight is 316 g/mol. The third kappa shape index (κ3) is 3.35. The summed E-state index contributed by atoms with van der Waals surface area (Å²) in [7, 11) is 1.79. The summed E-state index contributed by atoms with van der Waals surface area (Å²) in [6, 6.07) is 9.19. The van der Waals surface area contributed by atoms with Gasteiger partial charge in [-0.3, -0.25) is 9.80 Å². The molecule has 1 heterocycles. The Hall–Kier alpha value is -1.46. The highest BCUT2D eigenvalue weighted by Gasteiger charge is 2.30. The quantitative estimate of drug-likeness (QED) is 0.802. The molecule has 0 fully saturated rings. The molecule has 0 saturated heterocycles. The second kappa shape index (κ2) is 6.33. The molecule has 0 N–H and O–H groups in total. The number of carbonyl (C=O) groups is 1. The van der Waals surface area contributed by atoms with Gasteiger partial charge in [-0.2, -0.15) is 0 Å². The van der Waals surface area contributed by atoms with E-state index in [4.69, 9.17) is 27.9 Å². The zero-order valence-electron chi connectivity index (χ0n) is 11.2. The van der Waals surface area contributed by atoms with Crippen molar-refractivity contribution in [2.45, 2.75) is 18.0 Å². The number of hydrogen-bond donors (Lipinski definition) is 0. The van der Waals surface area contributed by atoms with Gasteiger partial charge in [-0.05, 0) is 12.1 Å². The predicted molar refractivity (Wildman–Crippen MR) is 80.0 cm³/mol. The van der Waals surface area contributed by atoms with Crippen molar-refractivity contribution in [3.05, 3.63) is 30.3 Å². The third-order valence-electron chi connectivity index (χ3n) is 2.88. The number of benzene rings is 1. The van der Waals surface area contributed by atoms with Gasteiger partial charge in [0, 0.05) is 19.7 Å². The van der Waals surface area contributed by atoms with Crippen LogP contribution in [0.25, 0.3) is 0 Å². The third-order valence-corrected chi connectivity index (χ3v) is 3.25. The van der Waals surface area contributed by atoms with Gasteiger partial charge < -0.3 is 9.64 Å². The maximum absolute atomic E-state index is 12.2. The number of rotatable bonds is 4. The number of amides is 1. The summed E-state index contributed by atoms with van der Waals surface area (Å²) >= 11 is 11.4. The van der Waals surface area contributed by atoms with Crippen LogP contribution in [-0.2, 0) is 9.53 Å². The van der Waals surface area contributed by atoms with Crippen LogP contribution in [0.1, 0.15) is 6.92 Å². The summed E-state index contributed by atoms with van der Waals surface area (Å²) in [5.41, 5.74) is 0.713. The Kier molecular flexibility index (Phi) is 4.73. The second-order valence-corrected chi connectivity index (χ2v) is 5.45. The van der Waals surface area contributed by atoms with Gasteiger partial charge in [0.1, 0.15) is 0 Å². The van der Waals surface area contributed by atoms with Crippen molar-refractivity contribution in [2.24, 2.45) is 5.10 Å². The molecule has 1 unspecified atom stereocenters. The van der Waals surface area contributed by atoms with E-state index >= 15 is 0 Å². The minimum absolute atomic E-state index is 0.288. The lowest BCUT2D eigenvalue weighted by atomic mass is 10.2. The van der Waals surface area contributed by atoms with E-state index in [1.54, 1.807) is 19.0 Å². The van der Waals surface area contributed by atoms with Gasteiger partial charge in [0.15, 0.2) is 4.84 Å². The number of carbonyl (C=O) groups excluding carboxylic acids is 1. The Balaban J connectivity index is 2.18. The molecule has 0 bridgehead atoms. The largest absolute Gasteiger partial charge is 0.453 e. The van der Waals surface area contributed by atoms with E-state index < -0.39 is 4.84 Å². The number of halogens is 2. The summed E-state index contributed by atoms with van der Waals surface area (Å²) in [5, 5.41) is 5.81. The maximum Gasteiger partial charge on any atom is 0.260 e. The van der Waals surface area contributed by atoms with Crippen LogP contribution in [0.15, 0.2) is 35.4 Å². The SMILES string of the molecule is CC1=NN(C)C(CN(C(=O)C(Cl)Cl)c2ccccc2)O1. The molecule has 0 aliphatic carbocycles. The monoisotopic (exact) mass is 315 g/mol. The Morgan fingerprint density at radius 2 is 2.10 bits per heavy atom. The van der Waals surface area contributed by atoms with Crippen LogP contribution in [-0.4, -0.2) is 41.5 Å². The zero-order chi connectivity index (χ0) is 14.7. The molecule has 1 aliphatic rings. The van der Waals surface area contributed by atoms with Crippen molar-refractivity contribution in [3.63, 3.8) is 0 Å². The van der Waals surface area contributed by atoms with E-state index in [0.29, 0.717) is 11.6 Å². The van der Waals surface area contributed by atoms with E-state index in [9.17, 15) is 4.79 Å². The first-order valence-electron chi connectivity index (χ1n) is 6.08. The predicted octanol–water partition coefficient (Wildman–Crippen LogP) is 2.44. The fourth-order valence-corrected chi connectivity index (χ4v) is 2.18. The Labute approximate surface area is 127 Å². The van der Waals surface area contributed by atoms with Crippen LogP contribution in [0.3, 0.4) is 0 Å². The average Bonchev–Trinajstić information content (AvgIpc) is 2.74. The first kappa shape index (κ1) is 14.9. The van der Waals surface area contributed by atoms with Crippen LogP contribution in [0.4, 0.5) is 5.69 Å². The van der Waals surface area contributed by atoms with Crippen LogP contribution in [0, 0.1) is 0 Å². The van der Waals surface area contributed by atoms with Crippen LogP contribution < -0.4 is 4.90 Å². The standard InChI is InChI=1S/C13H15Cl2N3O2/c1-9-16-17(2)11(20-9)8-18(13(19)12(14)15)10-6-4-3-5-7-10/h3-7,11-12H,8H2,1-2H3. The Morgan fingerprint density at radius 1 is 1.45 bits per heavy atom. The molecule has 2 rings (SSSR count). The summed E-state index contributed by atoms with van der Waals surface area (Å²) in [6.45, 7) is 2.05. The van der Waals surface area contributed by atoms with Gasteiger partial charge in [0.25, 0.3) is 5.91 Å². The number of nitrogens with zero attached hydrogens (tertiary/aromatic N) is 3. The van der Waals surface area contributed by atoms with Gasteiger partial charge in [-0.1, -0.05) is 41.4 Å². The van der Waals surface area contributed by atoms with Crippen molar-refractivity contribution >= 4 is 40.7 Å². The van der Waals surface area contributed by atoms with E-state index in [2.05, 4.69) is 5.10 Å². The number of hydrogen-bond acceptors (Lipinski definition) is 4. The highest BCUT2D eigenvalue weighted by Crippen LogP contribution is 2.21. The Bertz CT molecular complexity index is 508. The fraction of sp³-hybridized carbons (Fsp3) is 0.385. The van der Waals surface area contributed by atoms with Gasteiger partial charge in [0.05, 0.1) is 6.54 Å². The maximum atomic E-state index is 12.2. The van der Waals surface area contributed by atoms with Crippen LogP contribution in [0.5, 0.6) is 0 Å². The zero-order valence-corrected chi connectivity index (χ0v) is 12.7. The number of anilines is 1. The fourth-order valence-electron chi connectivity index (χ4n) is 1.94.